The first-order valence-corrected chi connectivity index (χ1v) is 15.8. The Bertz CT molecular complexity index is 2250. The molecule has 0 saturated heterocycles. The van der Waals surface area contributed by atoms with Gasteiger partial charge in [-0.2, -0.15) is 0 Å². The molecule has 1 aliphatic heterocycles. The van der Waals surface area contributed by atoms with Gasteiger partial charge in [-0.1, -0.05) is 115 Å². The molecule has 1 atom stereocenters. The van der Waals surface area contributed by atoms with Gasteiger partial charge in [-0.15, -0.1) is 0 Å². The molecule has 0 spiro atoms. The number of nitrogens with one attached hydrogen (secondary N) is 1. The summed E-state index contributed by atoms with van der Waals surface area (Å²) in [6.07, 6.45) is 6.12. The summed E-state index contributed by atoms with van der Waals surface area (Å²) in [5.41, 5.74) is 10.6. The van der Waals surface area contributed by atoms with E-state index in [1.807, 2.05) is 30.3 Å². The minimum Gasteiger partial charge on any atom is -0.464 e. The van der Waals surface area contributed by atoms with E-state index in [1.54, 1.807) is 0 Å². The summed E-state index contributed by atoms with van der Waals surface area (Å²) in [5, 5.41) is 5.90. The standard InChI is InChI=1S/C41H30N4O/c1-4-13-27(14-5-1)34-26-35(28-15-6-2-7-16-28)43-40(42-34)30-19-12-20-31(25-30)45-36-22-11-10-21-32(36)38-37(45)24-23-33-39(38)46-41(44-33)29-17-8-3-9-18-29/h1-11,13-19,21-26,41,44H,12,20H2. The maximum atomic E-state index is 6.64. The Kier molecular flexibility index (Phi) is 6.27. The Morgan fingerprint density at radius 1 is 0.674 bits per heavy atom. The summed E-state index contributed by atoms with van der Waals surface area (Å²) in [5.74, 6) is 1.64. The minimum absolute atomic E-state index is 0.222. The number of hydrogen-bond acceptors (Lipinski definition) is 4. The number of fused-ring (bicyclic) bond motifs is 5. The molecule has 1 unspecified atom stereocenters. The number of benzene rings is 5. The Balaban J connectivity index is 1.18. The monoisotopic (exact) mass is 594 g/mol. The third-order valence-corrected chi connectivity index (χ3v) is 8.91. The van der Waals surface area contributed by atoms with Crippen LogP contribution in [0.25, 0.3) is 55.6 Å². The Hall–Kier alpha value is -5.94. The first kappa shape index (κ1) is 26.5. The number of ether oxygens (including phenoxy) is 1. The molecular weight excluding hydrogens is 564 g/mol. The smallest absolute Gasteiger partial charge is 0.196 e. The lowest BCUT2D eigenvalue weighted by atomic mass is 10.0. The second kappa shape index (κ2) is 10.9. The van der Waals surface area contributed by atoms with Gasteiger partial charge in [0.1, 0.15) is 0 Å². The van der Waals surface area contributed by atoms with Gasteiger partial charge >= 0.3 is 0 Å². The molecule has 1 N–H and O–H groups in total. The van der Waals surface area contributed by atoms with Crippen LogP contribution in [0.5, 0.6) is 5.75 Å². The topological polar surface area (TPSA) is 52.0 Å². The van der Waals surface area contributed by atoms with Gasteiger partial charge in [0.05, 0.1) is 33.5 Å². The average Bonchev–Trinajstić information content (AvgIpc) is 3.72. The van der Waals surface area contributed by atoms with Crippen molar-refractivity contribution in [2.45, 2.75) is 19.1 Å². The summed E-state index contributed by atoms with van der Waals surface area (Å²) in [4.78, 5) is 10.2. The van der Waals surface area contributed by atoms with Gasteiger partial charge < -0.3 is 14.6 Å². The lowest BCUT2D eigenvalue weighted by molar-refractivity contribution is 0.263. The quantitative estimate of drug-likeness (QED) is 0.215. The number of aromatic nitrogens is 3. The van der Waals surface area contributed by atoms with Gasteiger partial charge in [0.15, 0.2) is 17.8 Å². The SMILES string of the molecule is C1=C(c2nc(-c3ccccc3)cc(-c3ccccc3)n2)C=C(n2c3ccccc3c3c4c(ccc32)NC(c2ccccc2)O4)CC1. The van der Waals surface area contributed by atoms with Gasteiger partial charge in [0.25, 0.3) is 0 Å². The molecule has 0 saturated carbocycles. The zero-order valence-electron chi connectivity index (χ0n) is 25.1. The van der Waals surface area contributed by atoms with Crippen molar-refractivity contribution in [3.8, 4) is 28.3 Å². The highest BCUT2D eigenvalue weighted by Gasteiger charge is 2.28. The van der Waals surface area contributed by atoms with E-state index >= 15 is 0 Å². The normalized spacial score (nSPS) is 15.6. The van der Waals surface area contributed by atoms with Crippen LogP contribution in [-0.2, 0) is 0 Å². The molecule has 5 aromatic carbocycles. The van der Waals surface area contributed by atoms with Crippen LogP contribution < -0.4 is 10.1 Å². The number of rotatable bonds is 5. The van der Waals surface area contributed by atoms with Crippen molar-refractivity contribution in [3.05, 3.63) is 157 Å². The molecule has 5 nitrogen and oxygen atoms in total. The van der Waals surface area contributed by atoms with E-state index in [-0.39, 0.29) is 6.23 Å². The number of anilines is 1. The van der Waals surface area contributed by atoms with Gasteiger partial charge in [-0.05, 0) is 43.2 Å². The molecule has 46 heavy (non-hydrogen) atoms. The highest BCUT2D eigenvalue weighted by atomic mass is 16.5. The predicted molar refractivity (Wildman–Crippen MR) is 187 cm³/mol. The molecule has 0 radical (unpaired) electrons. The number of nitrogens with zero attached hydrogens (tertiary/aromatic N) is 3. The van der Waals surface area contributed by atoms with E-state index in [0.717, 1.165) is 80.2 Å². The minimum atomic E-state index is -0.222. The fraction of sp³-hybridized carbons (Fsp3) is 0.0732. The second-order valence-electron chi connectivity index (χ2n) is 11.8. The van der Waals surface area contributed by atoms with Crippen LogP contribution in [0.4, 0.5) is 5.69 Å². The van der Waals surface area contributed by atoms with Crippen molar-refractivity contribution >= 4 is 38.8 Å². The fourth-order valence-corrected chi connectivity index (χ4v) is 6.75. The van der Waals surface area contributed by atoms with Crippen LogP contribution in [-0.4, -0.2) is 14.5 Å². The maximum absolute atomic E-state index is 6.64. The Labute approximate surface area is 267 Å². The molecule has 0 bridgehead atoms. The van der Waals surface area contributed by atoms with Gasteiger partial charge in [0.2, 0.25) is 0 Å². The summed E-state index contributed by atoms with van der Waals surface area (Å²) in [6, 6.07) is 46.1. The second-order valence-corrected chi connectivity index (χ2v) is 11.8. The maximum Gasteiger partial charge on any atom is 0.196 e. The fourth-order valence-electron chi connectivity index (χ4n) is 6.75. The van der Waals surface area contributed by atoms with Crippen LogP contribution in [0.15, 0.2) is 146 Å². The lowest BCUT2D eigenvalue weighted by Crippen LogP contribution is -2.09. The molecule has 1 aliphatic carbocycles. The molecule has 2 aliphatic rings. The van der Waals surface area contributed by atoms with Crippen LogP contribution in [0.2, 0.25) is 0 Å². The number of allylic oxidation sites excluding steroid dienone is 4. The molecule has 2 aromatic heterocycles. The van der Waals surface area contributed by atoms with E-state index in [9.17, 15) is 0 Å². The summed E-state index contributed by atoms with van der Waals surface area (Å²) >= 11 is 0. The molecular formula is C41H30N4O. The summed E-state index contributed by atoms with van der Waals surface area (Å²) < 4.78 is 9.04. The first-order chi connectivity index (χ1) is 22.8. The Morgan fingerprint density at radius 2 is 1.33 bits per heavy atom. The third-order valence-electron chi connectivity index (χ3n) is 8.91. The van der Waals surface area contributed by atoms with Crippen molar-refractivity contribution in [1.82, 2.24) is 14.5 Å². The number of para-hydroxylation sites is 1. The molecule has 220 valence electrons. The van der Waals surface area contributed by atoms with Gasteiger partial charge in [0, 0.05) is 33.3 Å². The van der Waals surface area contributed by atoms with Crippen LogP contribution in [0.3, 0.4) is 0 Å². The summed E-state index contributed by atoms with van der Waals surface area (Å²) in [7, 11) is 0. The van der Waals surface area contributed by atoms with Crippen LogP contribution >= 0.6 is 0 Å². The highest BCUT2D eigenvalue weighted by Crippen LogP contribution is 2.48. The molecule has 7 aromatic rings. The van der Waals surface area contributed by atoms with E-state index in [1.165, 1.54) is 11.1 Å². The van der Waals surface area contributed by atoms with E-state index in [0.29, 0.717) is 0 Å². The zero-order chi connectivity index (χ0) is 30.5. The average molecular weight is 595 g/mol. The largest absolute Gasteiger partial charge is 0.464 e. The molecule has 3 heterocycles. The predicted octanol–water partition coefficient (Wildman–Crippen LogP) is 10.1. The van der Waals surface area contributed by atoms with Gasteiger partial charge in [-0.3, -0.25) is 0 Å². The van der Waals surface area contributed by atoms with Gasteiger partial charge in [-0.25, -0.2) is 9.97 Å². The van der Waals surface area contributed by atoms with Crippen LogP contribution in [0, 0.1) is 0 Å². The highest BCUT2D eigenvalue weighted by molar-refractivity contribution is 6.15. The van der Waals surface area contributed by atoms with Crippen molar-refractivity contribution in [3.63, 3.8) is 0 Å². The zero-order valence-corrected chi connectivity index (χ0v) is 25.1. The van der Waals surface area contributed by atoms with Crippen LogP contribution in [0.1, 0.15) is 30.5 Å². The third kappa shape index (κ3) is 4.48. The van der Waals surface area contributed by atoms with Crippen molar-refractivity contribution in [2.24, 2.45) is 0 Å². The van der Waals surface area contributed by atoms with E-state index in [2.05, 4.69) is 125 Å². The van der Waals surface area contributed by atoms with Crippen molar-refractivity contribution < 1.29 is 4.74 Å². The lowest BCUT2D eigenvalue weighted by Gasteiger charge is -2.18. The Morgan fingerprint density at radius 3 is 2.04 bits per heavy atom. The molecule has 9 rings (SSSR count). The van der Waals surface area contributed by atoms with Crippen molar-refractivity contribution in [1.29, 1.82) is 0 Å². The molecule has 5 heteroatoms. The van der Waals surface area contributed by atoms with Crippen molar-refractivity contribution in [2.75, 3.05) is 5.32 Å². The number of hydrogen-bond donors (Lipinski definition) is 1. The van der Waals surface area contributed by atoms with E-state index < -0.39 is 0 Å². The molecule has 0 amide bonds. The first-order valence-electron chi connectivity index (χ1n) is 15.8. The van der Waals surface area contributed by atoms with E-state index in [4.69, 9.17) is 14.7 Å². The summed E-state index contributed by atoms with van der Waals surface area (Å²) in [6.45, 7) is 0. The molecule has 0 fully saturated rings.